The lowest BCUT2D eigenvalue weighted by atomic mass is 9.10. The van der Waals surface area contributed by atoms with Crippen LogP contribution in [-0.2, 0) is 41.4 Å². The van der Waals surface area contributed by atoms with E-state index in [-0.39, 0.29) is 53.9 Å². The van der Waals surface area contributed by atoms with Gasteiger partial charge in [0.15, 0.2) is 12.4 Å². The van der Waals surface area contributed by atoms with Gasteiger partial charge in [-0.15, -0.1) is 0 Å². The Morgan fingerprint density at radius 3 is 2.45 bits per heavy atom. The number of ether oxygens (including phenoxy) is 3. The van der Waals surface area contributed by atoms with Gasteiger partial charge in [0, 0.05) is 59.7 Å². The Morgan fingerprint density at radius 2 is 1.72 bits per heavy atom. The first-order valence-electron chi connectivity index (χ1n) is 28.6. The molecule has 14 heteroatoms. The minimum atomic E-state index is -1.85. The van der Waals surface area contributed by atoms with E-state index in [0.29, 0.717) is 51.6 Å². The topological polar surface area (TPSA) is 228 Å². The number of H-pyrrole nitrogens is 1. The molecule has 14 rings (SSSR count). The number of carboxylic acid groups (broad SMARTS) is 2. The van der Waals surface area contributed by atoms with E-state index in [1.165, 1.54) is 22.3 Å². The highest BCUT2D eigenvalue weighted by atomic mass is 16.7. The van der Waals surface area contributed by atoms with Crippen LogP contribution in [0.25, 0.3) is 0 Å². The number of fused-ring (bicyclic) bond motifs is 1. The molecule has 1 amide bonds. The van der Waals surface area contributed by atoms with Crippen molar-refractivity contribution in [2.45, 2.75) is 155 Å². The van der Waals surface area contributed by atoms with Crippen molar-refractivity contribution in [1.82, 2.24) is 10.3 Å². The highest BCUT2D eigenvalue weighted by Gasteiger charge is 2.96. The minimum Gasteiger partial charge on any atom is -0.481 e. The van der Waals surface area contributed by atoms with Crippen molar-refractivity contribution in [3.05, 3.63) is 83.3 Å². The molecule has 0 aromatic carbocycles. The SMILES string of the molecule is CCc1c[nH]cc1C[C@@H]1C=C[C@H]2[C@@H]3C[C@@H](CCCO)[C@@]45C=C6C=C[C@]78CC[C@@H]9C=C%10[C@@]4(CC[C@@]4(C(=O)O)[C@@H](COC)C[C@]%11(C)CC=C[C@]%104[C@@H]%11NC5=O)[C@@]3(C)[C@]69[C@]17[C@@H]2C(C)(C)[C@@H](O[C@@H]1O[C@H](C(=O)O)[C@@H](O)[C@H](O)[C@H]1O)C8. The molecule has 0 radical (unpaired) electrons. The molecular weight excluding hydrogens is 953 g/mol. The molecule has 1 aromatic rings. The van der Waals surface area contributed by atoms with Gasteiger partial charge in [0.2, 0.25) is 5.91 Å². The maximum absolute atomic E-state index is 17.0. The highest BCUT2D eigenvalue weighted by Crippen LogP contribution is 2.98. The van der Waals surface area contributed by atoms with Gasteiger partial charge in [0.25, 0.3) is 0 Å². The van der Waals surface area contributed by atoms with Crippen LogP contribution >= 0.6 is 0 Å². The van der Waals surface area contributed by atoms with Crippen LogP contribution in [0.1, 0.15) is 110 Å². The molecular formula is C61H78N2O12. The van der Waals surface area contributed by atoms with E-state index in [1.54, 1.807) is 7.11 Å². The minimum absolute atomic E-state index is 0.00399. The van der Waals surface area contributed by atoms with E-state index in [9.17, 15) is 35.4 Å². The molecule has 6 saturated carbocycles. The second kappa shape index (κ2) is 15.3. The zero-order chi connectivity index (χ0) is 52.6. The number of hydrogen-bond acceptors (Lipinski definition) is 10. The maximum Gasteiger partial charge on any atom is 0.335 e. The molecule has 404 valence electrons. The zero-order valence-electron chi connectivity index (χ0n) is 44.4. The van der Waals surface area contributed by atoms with Gasteiger partial charge in [-0.05, 0) is 151 Å². The zero-order valence-corrected chi connectivity index (χ0v) is 44.4. The number of aliphatic hydroxyl groups is 4. The molecule has 23 atom stereocenters. The van der Waals surface area contributed by atoms with Gasteiger partial charge in [0.05, 0.1) is 23.5 Å². The van der Waals surface area contributed by atoms with Crippen molar-refractivity contribution >= 4 is 17.8 Å². The molecule has 0 unspecified atom stereocenters. The van der Waals surface area contributed by atoms with Gasteiger partial charge in [-0.1, -0.05) is 88.8 Å². The highest BCUT2D eigenvalue weighted by molar-refractivity contribution is 5.93. The molecule has 1 aromatic heterocycles. The number of nitrogens with one attached hydrogen (secondary N) is 2. The summed E-state index contributed by atoms with van der Waals surface area (Å²) < 4.78 is 19.2. The second-order valence-corrected chi connectivity index (χ2v) is 27.5. The number of carbonyl (C=O) groups excluding carboxylic acids is 1. The van der Waals surface area contributed by atoms with Gasteiger partial charge in [-0.25, -0.2) is 4.79 Å². The lowest BCUT2D eigenvalue weighted by Crippen LogP contribution is -2.89. The van der Waals surface area contributed by atoms with Gasteiger partial charge >= 0.3 is 11.9 Å². The fourth-order valence-corrected chi connectivity index (χ4v) is 24.1. The number of aliphatic hydroxyl groups excluding tert-OH is 4. The summed E-state index contributed by atoms with van der Waals surface area (Å²) >= 11 is 0. The predicted octanol–water partition coefficient (Wildman–Crippen LogP) is 6.45. The van der Waals surface area contributed by atoms with E-state index >= 15 is 9.59 Å². The molecule has 8 N–H and O–H groups in total. The van der Waals surface area contributed by atoms with Gasteiger partial charge in [-0.3, -0.25) is 9.59 Å². The van der Waals surface area contributed by atoms with E-state index in [0.717, 1.165) is 32.1 Å². The standard InChI is InChI=1S/C61H78N2O12/c1-7-31-28-62-29-32(31)22-34-11-12-38-39-23-33(10-8-21-64)58-26-36-14-18-55-17-13-35-24-40-57-16-9-15-53(4,49(57)63-50(58)70)25-37(30-73-6)56(57,51(71)72)19-20-59(40,58)54(39,5)60(35,36)61(34,55)46(38)52(2,3)41(27-55)74-48-44(67)42(65)43(66)45(75-48)47(68)69/h9,11-12,14,16,18,24,26,28-29,33-35,37-39,41-46,48-49,62,64-67H,7-8,10,13,15,17,19-23,25,27,30H2,1-6H3,(H,63,70)(H,68,69)(H,71,72)/t33-,34+,35-,37-,38+,39+,41+,42+,43+,44-,45+,46+,48-,49-,53+,54+,55+,56+,57-,58-,59+,60-,61+/m1/s1. The van der Waals surface area contributed by atoms with E-state index in [1.807, 2.05) is 0 Å². The Balaban J connectivity index is 1.09. The number of aliphatic carboxylic acids is 2. The van der Waals surface area contributed by atoms with Crippen molar-refractivity contribution in [2.24, 2.45) is 95.6 Å². The summed E-state index contributed by atoms with van der Waals surface area (Å²) in [4.78, 5) is 48.0. The van der Waals surface area contributed by atoms with Crippen LogP contribution in [0.15, 0.2) is 72.1 Å². The number of aryl methyl sites for hydroxylation is 1. The summed E-state index contributed by atoms with van der Waals surface area (Å²) in [6, 6.07) is -0.476. The Morgan fingerprint density at radius 1 is 0.933 bits per heavy atom. The average Bonchev–Trinajstić information content (AvgIpc) is 3.95. The molecule has 11 aliphatic carbocycles. The van der Waals surface area contributed by atoms with Crippen molar-refractivity contribution in [3.8, 4) is 0 Å². The number of rotatable bonds is 12. The van der Waals surface area contributed by atoms with E-state index < -0.39 is 109 Å². The summed E-state index contributed by atoms with van der Waals surface area (Å²) in [5.41, 5.74) is -2.63. The van der Waals surface area contributed by atoms with Gasteiger partial charge in [-0.2, -0.15) is 0 Å². The summed E-state index contributed by atoms with van der Waals surface area (Å²) in [6.07, 6.45) is 22.6. The fraction of sp³-hybridized carbons (Fsp3) is 0.721. The third-order valence-electron chi connectivity index (χ3n) is 25.8. The molecule has 75 heavy (non-hydrogen) atoms. The quantitative estimate of drug-likeness (QED) is 0.0836. The molecule has 2 aliphatic heterocycles. The largest absolute Gasteiger partial charge is 0.481 e. The number of aromatic nitrogens is 1. The van der Waals surface area contributed by atoms with Gasteiger partial charge < -0.3 is 55.2 Å². The van der Waals surface area contributed by atoms with Crippen molar-refractivity contribution in [3.63, 3.8) is 0 Å². The van der Waals surface area contributed by atoms with Crippen molar-refractivity contribution in [1.29, 1.82) is 0 Å². The molecule has 8 fully saturated rings. The normalized spacial score (nSPS) is 53.8. The predicted molar refractivity (Wildman–Crippen MR) is 273 cm³/mol. The fourth-order valence-electron chi connectivity index (χ4n) is 24.1. The number of aromatic amines is 1. The second-order valence-electron chi connectivity index (χ2n) is 27.5. The first-order chi connectivity index (χ1) is 35.7. The molecule has 14 nitrogen and oxygen atoms in total. The number of allylic oxidation sites excluding steroid dienone is 7. The summed E-state index contributed by atoms with van der Waals surface area (Å²) in [6.45, 7) is 12.0. The third kappa shape index (κ3) is 4.88. The van der Waals surface area contributed by atoms with Crippen LogP contribution in [0, 0.1) is 95.6 Å². The van der Waals surface area contributed by atoms with E-state index in [4.69, 9.17) is 14.2 Å². The van der Waals surface area contributed by atoms with Crippen molar-refractivity contribution in [2.75, 3.05) is 20.3 Å². The number of amides is 1. The molecule has 4 spiro atoms. The number of carboxylic acids is 2. The summed E-state index contributed by atoms with van der Waals surface area (Å²) in [5.74, 6) is -2.96. The molecule has 9 bridgehead atoms. The number of hydrogen-bond donors (Lipinski definition) is 8. The van der Waals surface area contributed by atoms with Crippen LogP contribution in [-0.4, -0.2) is 117 Å². The summed E-state index contributed by atoms with van der Waals surface area (Å²) in [7, 11) is 1.69. The van der Waals surface area contributed by atoms with Crippen LogP contribution in [0.2, 0.25) is 0 Å². The molecule has 3 heterocycles. The lowest BCUT2D eigenvalue weighted by Gasteiger charge is -2.92. The Kier molecular flexibility index (Phi) is 10.1. The Bertz CT molecular complexity index is 2850. The maximum atomic E-state index is 17.0. The third-order valence-corrected chi connectivity index (χ3v) is 25.8. The van der Waals surface area contributed by atoms with Crippen LogP contribution in [0.3, 0.4) is 0 Å². The molecule has 13 aliphatic rings. The lowest BCUT2D eigenvalue weighted by molar-refractivity contribution is -0.404. The molecule has 2 saturated heterocycles. The van der Waals surface area contributed by atoms with Gasteiger partial charge in [0.1, 0.15) is 18.3 Å². The smallest absolute Gasteiger partial charge is 0.335 e. The van der Waals surface area contributed by atoms with Crippen LogP contribution in [0.4, 0.5) is 0 Å². The Labute approximate surface area is 439 Å². The van der Waals surface area contributed by atoms with E-state index in [2.05, 4.69) is 106 Å². The monoisotopic (exact) mass is 1030 g/mol. The van der Waals surface area contributed by atoms with Crippen molar-refractivity contribution < 1.29 is 59.2 Å². The average molecular weight is 1030 g/mol. The number of carbonyl (C=O) groups is 3. The first kappa shape index (κ1) is 49.4. The Hall–Kier alpha value is -3.89. The van der Waals surface area contributed by atoms with Crippen LogP contribution < -0.4 is 5.32 Å². The first-order valence-corrected chi connectivity index (χ1v) is 28.6. The number of methoxy groups -OCH3 is 1. The van der Waals surface area contributed by atoms with Crippen LogP contribution in [0.5, 0.6) is 0 Å². The summed E-state index contributed by atoms with van der Waals surface area (Å²) in [5, 5.41) is 70.9.